The van der Waals surface area contributed by atoms with Crippen molar-refractivity contribution in [1.82, 2.24) is 0 Å². The zero-order chi connectivity index (χ0) is 21.1. The number of anilines is 2. The second kappa shape index (κ2) is 8.08. The van der Waals surface area contributed by atoms with Crippen molar-refractivity contribution in [2.45, 2.75) is 17.4 Å². The van der Waals surface area contributed by atoms with Crippen LogP contribution in [0, 0.1) is 0 Å². The molecule has 0 aromatic heterocycles. The molecule has 8 heteroatoms. The molecule has 1 aliphatic heterocycles. The van der Waals surface area contributed by atoms with Crippen molar-refractivity contribution in [3.05, 3.63) is 78.4 Å². The Morgan fingerprint density at radius 2 is 1.80 bits per heavy atom. The Morgan fingerprint density at radius 1 is 1.03 bits per heavy atom. The molecule has 4 rings (SSSR count). The Morgan fingerprint density at radius 3 is 2.60 bits per heavy atom. The number of fused-ring (bicyclic) bond motifs is 1. The van der Waals surface area contributed by atoms with Crippen LogP contribution in [0.2, 0.25) is 0 Å². The van der Waals surface area contributed by atoms with Gasteiger partial charge in [0.15, 0.2) is 6.10 Å². The van der Waals surface area contributed by atoms with E-state index in [-0.39, 0.29) is 10.8 Å². The van der Waals surface area contributed by atoms with Crippen molar-refractivity contribution in [2.24, 2.45) is 0 Å². The topological polar surface area (TPSA) is 93.7 Å². The maximum atomic E-state index is 12.8. The molecule has 0 bridgehead atoms. The lowest BCUT2D eigenvalue weighted by Gasteiger charge is -2.14. The summed E-state index contributed by atoms with van der Waals surface area (Å²) in [7, 11) is -2.41. The van der Waals surface area contributed by atoms with Gasteiger partial charge in [-0.15, -0.1) is 0 Å². The normalized spacial score (nSPS) is 15.0. The molecule has 0 spiro atoms. The number of nitrogens with one attached hydrogen (secondary N) is 2. The fourth-order valence-corrected chi connectivity index (χ4v) is 4.34. The van der Waals surface area contributed by atoms with Crippen molar-refractivity contribution in [3.63, 3.8) is 0 Å². The first kappa shape index (κ1) is 19.8. The predicted molar refractivity (Wildman–Crippen MR) is 113 cm³/mol. The molecule has 30 heavy (non-hydrogen) atoms. The van der Waals surface area contributed by atoms with Crippen LogP contribution < -0.4 is 19.5 Å². The van der Waals surface area contributed by atoms with Gasteiger partial charge < -0.3 is 14.8 Å². The van der Waals surface area contributed by atoms with Crippen molar-refractivity contribution in [3.8, 4) is 11.5 Å². The number of carbonyl (C=O) groups is 1. The molecular weight excluding hydrogens is 404 g/mol. The summed E-state index contributed by atoms with van der Waals surface area (Å²) >= 11 is 0. The standard InChI is InChI=1S/C22H20N2O5S/c1-28-20-12-5-3-10-18(20)24-30(26,27)17-9-6-8-16(14-17)23-22(25)21-13-15-7-2-4-11-19(15)29-21/h2-12,14,21,24H,13H2,1H3,(H,23,25). The molecule has 0 radical (unpaired) electrons. The Bertz CT molecular complexity index is 1170. The summed E-state index contributed by atoms with van der Waals surface area (Å²) in [5, 5.41) is 2.74. The number of amides is 1. The molecule has 3 aromatic rings. The molecule has 1 amide bonds. The number of ether oxygens (including phenoxy) is 2. The number of rotatable bonds is 6. The second-order valence-electron chi connectivity index (χ2n) is 6.74. The van der Waals surface area contributed by atoms with Crippen LogP contribution >= 0.6 is 0 Å². The number of para-hydroxylation sites is 3. The maximum absolute atomic E-state index is 12.8. The highest BCUT2D eigenvalue weighted by molar-refractivity contribution is 7.92. The first-order valence-electron chi connectivity index (χ1n) is 9.27. The SMILES string of the molecule is COc1ccccc1NS(=O)(=O)c1cccc(NC(=O)C2Cc3ccccc3O2)c1. The van der Waals surface area contributed by atoms with Crippen molar-refractivity contribution in [2.75, 3.05) is 17.1 Å². The monoisotopic (exact) mass is 424 g/mol. The highest BCUT2D eigenvalue weighted by Gasteiger charge is 2.29. The molecule has 0 saturated carbocycles. The van der Waals surface area contributed by atoms with E-state index < -0.39 is 16.1 Å². The Kier molecular flexibility index (Phi) is 5.33. The molecule has 1 aliphatic rings. The summed E-state index contributed by atoms with van der Waals surface area (Å²) in [6.45, 7) is 0. The number of hydrogen-bond acceptors (Lipinski definition) is 5. The molecule has 1 unspecified atom stereocenters. The summed E-state index contributed by atoms with van der Waals surface area (Å²) in [5.74, 6) is 0.761. The Labute approximate surface area is 174 Å². The lowest BCUT2D eigenvalue weighted by molar-refractivity contribution is -0.122. The summed E-state index contributed by atoms with van der Waals surface area (Å²) in [6.07, 6.45) is -0.190. The number of benzene rings is 3. The average molecular weight is 424 g/mol. The van der Waals surface area contributed by atoms with Crippen LogP contribution in [0.15, 0.2) is 77.7 Å². The van der Waals surface area contributed by atoms with Gasteiger partial charge in [0.25, 0.3) is 15.9 Å². The molecule has 0 aliphatic carbocycles. The van der Waals surface area contributed by atoms with E-state index in [4.69, 9.17) is 9.47 Å². The van der Waals surface area contributed by atoms with E-state index >= 15 is 0 Å². The molecular formula is C22H20N2O5S. The lowest BCUT2D eigenvalue weighted by Crippen LogP contribution is -2.31. The van der Waals surface area contributed by atoms with Crippen molar-refractivity contribution in [1.29, 1.82) is 0 Å². The summed E-state index contributed by atoms with van der Waals surface area (Å²) in [6, 6.07) is 20.2. The van der Waals surface area contributed by atoms with E-state index in [9.17, 15) is 13.2 Å². The molecule has 3 aromatic carbocycles. The van der Waals surface area contributed by atoms with Crippen molar-refractivity contribution >= 4 is 27.3 Å². The van der Waals surface area contributed by atoms with Gasteiger partial charge in [-0.3, -0.25) is 9.52 Å². The van der Waals surface area contributed by atoms with E-state index in [0.717, 1.165) is 5.56 Å². The van der Waals surface area contributed by atoms with E-state index in [0.29, 0.717) is 29.3 Å². The Hall–Kier alpha value is -3.52. The molecule has 7 nitrogen and oxygen atoms in total. The second-order valence-corrected chi connectivity index (χ2v) is 8.42. The maximum Gasteiger partial charge on any atom is 0.265 e. The minimum Gasteiger partial charge on any atom is -0.495 e. The van der Waals surface area contributed by atoms with Crippen LogP contribution in [0.3, 0.4) is 0 Å². The van der Waals surface area contributed by atoms with Gasteiger partial charge >= 0.3 is 0 Å². The van der Waals surface area contributed by atoms with Crippen molar-refractivity contribution < 1.29 is 22.7 Å². The summed E-state index contributed by atoms with van der Waals surface area (Å²) in [5.41, 5.74) is 1.66. The molecule has 154 valence electrons. The van der Waals surface area contributed by atoms with Crippen LogP contribution in [-0.4, -0.2) is 27.5 Å². The molecule has 0 fully saturated rings. The largest absolute Gasteiger partial charge is 0.495 e. The van der Waals surface area contributed by atoms with E-state index in [1.54, 1.807) is 36.4 Å². The average Bonchev–Trinajstić information content (AvgIpc) is 3.19. The lowest BCUT2D eigenvalue weighted by atomic mass is 10.1. The van der Waals surface area contributed by atoms with E-state index in [1.165, 1.54) is 19.2 Å². The smallest absolute Gasteiger partial charge is 0.265 e. The quantitative estimate of drug-likeness (QED) is 0.632. The minimum atomic E-state index is -3.88. The third-order valence-electron chi connectivity index (χ3n) is 4.70. The van der Waals surface area contributed by atoms with Gasteiger partial charge in [0.05, 0.1) is 17.7 Å². The van der Waals surface area contributed by atoms with Gasteiger partial charge in [0.2, 0.25) is 0 Å². The third kappa shape index (κ3) is 4.08. The summed E-state index contributed by atoms with van der Waals surface area (Å²) < 4.78 is 39.0. The zero-order valence-corrected chi connectivity index (χ0v) is 17.0. The molecule has 2 N–H and O–H groups in total. The number of sulfonamides is 1. The Balaban J connectivity index is 1.49. The molecule has 1 heterocycles. The van der Waals surface area contributed by atoms with Crippen LogP contribution in [0.1, 0.15) is 5.56 Å². The van der Waals surface area contributed by atoms with Crippen LogP contribution in [0.5, 0.6) is 11.5 Å². The minimum absolute atomic E-state index is 0.0156. The van der Waals surface area contributed by atoms with Gasteiger partial charge in [0.1, 0.15) is 11.5 Å². The fraction of sp³-hybridized carbons (Fsp3) is 0.136. The first-order valence-corrected chi connectivity index (χ1v) is 10.8. The van der Waals surface area contributed by atoms with Gasteiger partial charge in [-0.2, -0.15) is 0 Å². The van der Waals surface area contributed by atoms with Gasteiger partial charge in [-0.05, 0) is 42.0 Å². The number of carbonyl (C=O) groups excluding carboxylic acids is 1. The number of hydrogen-bond donors (Lipinski definition) is 2. The van der Waals surface area contributed by atoms with Crippen LogP contribution in [-0.2, 0) is 21.2 Å². The van der Waals surface area contributed by atoms with Gasteiger partial charge in [-0.1, -0.05) is 36.4 Å². The highest BCUT2D eigenvalue weighted by atomic mass is 32.2. The van der Waals surface area contributed by atoms with Crippen LogP contribution in [0.4, 0.5) is 11.4 Å². The summed E-state index contributed by atoms with van der Waals surface area (Å²) in [4.78, 5) is 12.6. The molecule has 0 saturated heterocycles. The highest BCUT2D eigenvalue weighted by Crippen LogP contribution is 2.29. The van der Waals surface area contributed by atoms with Gasteiger partial charge in [0, 0.05) is 12.1 Å². The van der Waals surface area contributed by atoms with Crippen LogP contribution in [0.25, 0.3) is 0 Å². The van der Waals surface area contributed by atoms with Gasteiger partial charge in [-0.25, -0.2) is 8.42 Å². The van der Waals surface area contributed by atoms with E-state index in [1.807, 2.05) is 24.3 Å². The molecule has 1 atom stereocenters. The predicted octanol–water partition coefficient (Wildman–Crippen LogP) is 3.44. The fourth-order valence-electron chi connectivity index (χ4n) is 3.22. The third-order valence-corrected chi connectivity index (χ3v) is 6.07. The number of methoxy groups -OCH3 is 1. The first-order chi connectivity index (χ1) is 14.5. The zero-order valence-electron chi connectivity index (χ0n) is 16.2. The van der Waals surface area contributed by atoms with E-state index in [2.05, 4.69) is 10.0 Å².